The molecular weight excluding hydrogens is 390 g/mol. The topological polar surface area (TPSA) is 98.3 Å². The first-order valence-electron chi connectivity index (χ1n) is 9.17. The number of carbonyl (C=O) groups is 1. The van der Waals surface area contributed by atoms with Crippen molar-refractivity contribution in [3.63, 3.8) is 0 Å². The number of cyclic esters (lactones) is 1. The average molecular weight is 411 g/mol. The number of nitrogens with one attached hydrogen (secondary N) is 2. The van der Waals surface area contributed by atoms with E-state index in [0.717, 1.165) is 32.6 Å². The molecule has 150 valence electrons. The van der Waals surface area contributed by atoms with E-state index < -0.39 is 0 Å². The van der Waals surface area contributed by atoms with E-state index >= 15 is 0 Å². The van der Waals surface area contributed by atoms with Gasteiger partial charge in [-0.15, -0.1) is 0 Å². The molecule has 0 bridgehead atoms. The van der Waals surface area contributed by atoms with Gasteiger partial charge in [-0.3, -0.25) is 0 Å². The lowest BCUT2D eigenvalue weighted by molar-refractivity contribution is 0.0535. The number of aromatic nitrogens is 3. The summed E-state index contributed by atoms with van der Waals surface area (Å²) >= 11 is 1.54. The molecule has 1 unspecified atom stereocenters. The molecule has 2 N–H and O–H groups in total. The number of carbonyl (C=O) groups excluding carboxylic acids is 1. The summed E-state index contributed by atoms with van der Waals surface area (Å²) < 4.78 is 10.2. The van der Waals surface area contributed by atoms with Crippen molar-refractivity contribution < 1.29 is 14.3 Å². The molecule has 1 aromatic carbocycles. The number of fused-ring (bicyclic) bond motifs is 1. The van der Waals surface area contributed by atoms with Gasteiger partial charge in [0.1, 0.15) is 6.61 Å². The fourth-order valence-electron chi connectivity index (χ4n) is 3.06. The van der Waals surface area contributed by atoms with Crippen LogP contribution in [0.5, 0.6) is 0 Å². The van der Waals surface area contributed by atoms with Crippen molar-refractivity contribution in [2.24, 2.45) is 0 Å². The predicted molar refractivity (Wildman–Crippen MR) is 112 cm³/mol. The highest BCUT2D eigenvalue weighted by Gasteiger charge is 2.21. The molecule has 29 heavy (non-hydrogen) atoms. The van der Waals surface area contributed by atoms with Gasteiger partial charge in [0.05, 0.1) is 28.4 Å². The van der Waals surface area contributed by atoms with E-state index in [0.29, 0.717) is 24.7 Å². The maximum Gasteiger partial charge on any atom is 0.338 e. The van der Waals surface area contributed by atoms with Crippen molar-refractivity contribution in [1.29, 1.82) is 0 Å². The molecule has 0 fully saturated rings. The Bertz CT molecular complexity index is 1050. The molecule has 0 radical (unpaired) electrons. The first-order valence-corrected chi connectivity index (χ1v) is 9.98. The molecule has 2 aromatic heterocycles. The molecule has 8 nitrogen and oxygen atoms in total. The number of rotatable bonds is 7. The number of ether oxygens (including phenoxy) is 2. The van der Waals surface area contributed by atoms with Crippen LogP contribution >= 0.6 is 11.3 Å². The van der Waals surface area contributed by atoms with E-state index in [2.05, 4.69) is 25.6 Å². The highest BCUT2D eigenvalue weighted by Crippen LogP contribution is 2.32. The van der Waals surface area contributed by atoms with Gasteiger partial charge in [0.15, 0.2) is 5.13 Å². The van der Waals surface area contributed by atoms with Crippen molar-refractivity contribution >= 4 is 34.1 Å². The molecule has 1 aliphatic rings. The van der Waals surface area contributed by atoms with Crippen LogP contribution in [0.3, 0.4) is 0 Å². The second-order valence-electron chi connectivity index (χ2n) is 6.77. The van der Waals surface area contributed by atoms with E-state index in [-0.39, 0.29) is 12.0 Å². The van der Waals surface area contributed by atoms with Crippen molar-refractivity contribution in [1.82, 2.24) is 15.0 Å². The van der Waals surface area contributed by atoms with Crippen molar-refractivity contribution in [2.45, 2.75) is 26.5 Å². The molecule has 0 amide bonds. The van der Waals surface area contributed by atoms with Gasteiger partial charge >= 0.3 is 5.97 Å². The van der Waals surface area contributed by atoms with Crippen LogP contribution in [0.4, 0.5) is 16.8 Å². The van der Waals surface area contributed by atoms with Crippen molar-refractivity contribution in [3.05, 3.63) is 47.3 Å². The van der Waals surface area contributed by atoms with Crippen LogP contribution in [-0.2, 0) is 16.1 Å². The number of nitrogens with zero attached hydrogens (tertiary/aromatic N) is 3. The van der Waals surface area contributed by atoms with Crippen molar-refractivity contribution in [2.75, 3.05) is 24.4 Å². The lowest BCUT2D eigenvalue weighted by Crippen LogP contribution is -2.20. The lowest BCUT2D eigenvalue weighted by atomic mass is 10.1. The third kappa shape index (κ3) is 4.20. The number of benzene rings is 1. The van der Waals surface area contributed by atoms with E-state index in [4.69, 9.17) is 9.47 Å². The van der Waals surface area contributed by atoms with Gasteiger partial charge in [-0.05, 0) is 32.0 Å². The Hall–Kier alpha value is -3.04. The van der Waals surface area contributed by atoms with E-state index in [1.807, 2.05) is 32.0 Å². The maximum atomic E-state index is 11.8. The molecule has 3 aromatic rings. The zero-order valence-corrected chi connectivity index (χ0v) is 17.2. The normalized spacial score (nSPS) is 13.7. The minimum Gasteiger partial charge on any atom is -0.457 e. The summed E-state index contributed by atoms with van der Waals surface area (Å²) in [6.45, 7) is 4.92. The summed E-state index contributed by atoms with van der Waals surface area (Å²) in [5.41, 5.74) is 3.87. The number of aryl methyl sites for hydroxylation is 1. The quantitative estimate of drug-likeness (QED) is 0.567. The molecule has 4 rings (SSSR count). The number of esters is 1. The van der Waals surface area contributed by atoms with Gasteiger partial charge < -0.3 is 20.1 Å². The monoisotopic (exact) mass is 411 g/mol. The van der Waals surface area contributed by atoms with E-state index in [9.17, 15) is 4.79 Å². The summed E-state index contributed by atoms with van der Waals surface area (Å²) in [7, 11) is 1.68. The van der Waals surface area contributed by atoms with E-state index in [1.165, 1.54) is 0 Å². The van der Waals surface area contributed by atoms with Crippen LogP contribution in [0, 0.1) is 6.92 Å². The van der Waals surface area contributed by atoms with Crippen LogP contribution in [0.2, 0.25) is 0 Å². The second kappa shape index (κ2) is 8.14. The largest absolute Gasteiger partial charge is 0.457 e. The zero-order valence-electron chi connectivity index (χ0n) is 16.4. The Balaban J connectivity index is 1.54. The lowest BCUT2D eigenvalue weighted by Gasteiger charge is -2.10. The Morgan fingerprint density at radius 3 is 3.00 bits per heavy atom. The van der Waals surface area contributed by atoms with Gasteiger partial charge in [-0.1, -0.05) is 17.4 Å². The third-order valence-corrected chi connectivity index (χ3v) is 5.53. The number of methoxy groups -OCH3 is 1. The Kier molecular flexibility index (Phi) is 5.41. The van der Waals surface area contributed by atoms with E-state index in [1.54, 1.807) is 30.7 Å². The third-order valence-electron chi connectivity index (χ3n) is 4.42. The minimum absolute atomic E-state index is 0.160. The standard InChI is InChI=1S/C20H21N5O3S/c1-11(9-27-3)22-20-23-12(2)17(29-20)16-6-7-21-19(25-16)24-14-5-4-13-10-28-18(26)15(13)8-14/h4-8,11H,9-10H2,1-3H3,(H,22,23)(H,21,24,25). The van der Waals surface area contributed by atoms with Gasteiger partial charge in [0, 0.05) is 30.6 Å². The predicted octanol–water partition coefficient (Wildman–Crippen LogP) is 3.77. The number of hydrogen-bond donors (Lipinski definition) is 2. The molecule has 0 saturated heterocycles. The van der Waals surface area contributed by atoms with Crippen LogP contribution in [0.1, 0.15) is 28.5 Å². The zero-order chi connectivity index (χ0) is 20.4. The Labute approximate surface area is 172 Å². The summed E-state index contributed by atoms with van der Waals surface area (Å²) in [5.74, 6) is 0.144. The molecule has 3 heterocycles. The van der Waals surface area contributed by atoms with Gasteiger partial charge in [0.25, 0.3) is 0 Å². The maximum absolute atomic E-state index is 11.8. The Morgan fingerprint density at radius 2 is 2.17 bits per heavy atom. The van der Waals surface area contributed by atoms with Crippen LogP contribution < -0.4 is 10.6 Å². The second-order valence-corrected chi connectivity index (χ2v) is 7.77. The van der Waals surface area contributed by atoms with Crippen LogP contribution in [-0.4, -0.2) is 40.7 Å². The molecule has 0 spiro atoms. The SMILES string of the molecule is COCC(C)Nc1nc(C)c(-c2ccnc(Nc3ccc4c(c3)C(=O)OC4)n2)s1. The number of hydrogen-bond acceptors (Lipinski definition) is 9. The molecule has 9 heteroatoms. The molecule has 1 aliphatic heterocycles. The fraction of sp³-hybridized carbons (Fsp3) is 0.300. The van der Waals surface area contributed by atoms with Gasteiger partial charge in [-0.2, -0.15) is 0 Å². The summed E-state index contributed by atoms with van der Waals surface area (Å²) in [6.07, 6.45) is 1.70. The van der Waals surface area contributed by atoms with Gasteiger partial charge in [-0.25, -0.2) is 19.7 Å². The van der Waals surface area contributed by atoms with Gasteiger partial charge in [0.2, 0.25) is 5.95 Å². The highest BCUT2D eigenvalue weighted by molar-refractivity contribution is 7.19. The summed E-state index contributed by atoms with van der Waals surface area (Å²) in [4.78, 5) is 26.2. The molecule has 0 aliphatic carbocycles. The number of anilines is 3. The molecule has 0 saturated carbocycles. The summed E-state index contributed by atoms with van der Waals surface area (Å²) in [5, 5.41) is 7.32. The minimum atomic E-state index is -0.304. The van der Waals surface area contributed by atoms with Crippen molar-refractivity contribution in [3.8, 4) is 10.6 Å². The first-order chi connectivity index (χ1) is 14.0. The average Bonchev–Trinajstić information content (AvgIpc) is 3.25. The molecular formula is C20H21N5O3S. The highest BCUT2D eigenvalue weighted by atomic mass is 32.1. The van der Waals surface area contributed by atoms with Crippen LogP contribution in [0.15, 0.2) is 30.5 Å². The van der Waals surface area contributed by atoms with Crippen LogP contribution in [0.25, 0.3) is 10.6 Å². The fourth-order valence-corrected chi connectivity index (χ4v) is 4.11. The first kappa shape index (κ1) is 19.3. The smallest absolute Gasteiger partial charge is 0.338 e. The Morgan fingerprint density at radius 1 is 1.31 bits per heavy atom. The molecule has 1 atom stereocenters. The summed E-state index contributed by atoms with van der Waals surface area (Å²) in [6, 6.07) is 7.53. The number of thiazole rings is 1.